The lowest BCUT2D eigenvalue weighted by Gasteiger charge is -2.30. The molecule has 16 heavy (non-hydrogen) atoms. The Labute approximate surface area is 95.5 Å². The van der Waals surface area contributed by atoms with Crippen molar-refractivity contribution in [1.29, 1.82) is 0 Å². The molecule has 0 spiro atoms. The molecule has 5 nitrogen and oxygen atoms in total. The third-order valence-corrected chi connectivity index (χ3v) is 2.80. The molecule has 0 bridgehead atoms. The van der Waals surface area contributed by atoms with Crippen molar-refractivity contribution in [2.24, 2.45) is 0 Å². The van der Waals surface area contributed by atoms with Gasteiger partial charge in [0.1, 0.15) is 18.0 Å². The number of hydrogen-bond acceptors (Lipinski definition) is 5. The van der Waals surface area contributed by atoms with Gasteiger partial charge in [-0.05, 0) is 19.8 Å². The van der Waals surface area contributed by atoms with E-state index in [1.54, 1.807) is 6.33 Å². The molecule has 0 radical (unpaired) electrons. The Balaban J connectivity index is 2.05. The molecule has 2 rings (SSSR count). The fourth-order valence-electron chi connectivity index (χ4n) is 1.89. The zero-order valence-corrected chi connectivity index (χ0v) is 9.56. The maximum atomic E-state index is 9.44. The summed E-state index contributed by atoms with van der Waals surface area (Å²) in [7, 11) is 0. The molecule has 1 aromatic rings. The molecule has 0 unspecified atom stereocenters. The Morgan fingerprint density at radius 1 is 1.44 bits per heavy atom. The largest absolute Gasteiger partial charge is 0.393 e. The Bertz CT molecular complexity index is 337. The summed E-state index contributed by atoms with van der Waals surface area (Å²) in [6.07, 6.45) is 3.07. The molecule has 1 aliphatic rings. The van der Waals surface area contributed by atoms with Gasteiger partial charge in [0.15, 0.2) is 0 Å². The maximum Gasteiger partial charge on any atom is 0.134 e. The molecule has 88 valence electrons. The molecule has 0 saturated carbocycles. The monoisotopic (exact) mass is 222 g/mol. The maximum absolute atomic E-state index is 9.44. The van der Waals surface area contributed by atoms with E-state index in [-0.39, 0.29) is 6.10 Å². The van der Waals surface area contributed by atoms with Crippen molar-refractivity contribution in [1.82, 2.24) is 9.97 Å². The first kappa shape index (κ1) is 11.1. The summed E-state index contributed by atoms with van der Waals surface area (Å²) >= 11 is 0. The third-order valence-electron chi connectivity index (χ3n) is 2.80. The Morgan fingerprint density at radius 3 is 2.88 bits per heavy atom. The first-order valence-corrected chi connectivity index (χ1v) is 5.78. The average molecular weight is 222 g/mol. The molecule has 1 aromatic heterocycles. The van der Waals surface area contributed by atoms with Crippen LogP contribution in [0.4, 0.5) is 11.6 Å². The Morgan fingerprint density at radius 2 is 2.19 bits per heavy atom. The van der Waals surface area contributed by atoms with Crippen LogP contribution in [0.3, 0.4) is 0 Å². The van der Waals surface area contributed by atoms with Crippen LogP contribution in [-0.4, -0.2) is 40.8 Å². The molecule has 1 fully saturated rings. The van der Waals surface area contributed by atoms with E-state index in [2.05, 4.69) is 20.2 Å². The zero-order chi connectivity index (χ0) is 11.4. The second-order valence-corrected chi connectivity index (χ2v) is 4.01. The van der Waals surface area contributed by atoms with Crippen LogP contribution in [0.2, 0.25) is 0 Å². The second-order valence-electron chi connectivity index (χ2n) is 4.01. The van der Waals surface area contributed by atoms with Crippen LogP contribution in [0, 0.1) is 0 Å². The van der Waals surface area contributed by atoms with E-state index >= 15 is 0 Å². The third kappa shape index (κ3) is 2.61. The van der Waals surface area contributed by atoms with Gasteiger partial charge in [-0.25, -0.2) is 9.97 Å². The van der Waals surface area contributed by atoms with Gasteiger partial charge in [0.25, 0.3) is 0 Å². The number of rotatable bonds is 3. The van der Waals surface area contributed by atoms with Crippen LogP contribution in [0.15, 0.2) is 12.4 Å². The van der Waals surface area contributed by atoms with Crippen molar-refractivity contribution < 1.29 is 5.11 Å². The van der Waals surface area contributed by atoms with Gasteiger partial charge in [-0.2, -0.15) is 0 Å². The highest BCUT2D eigenvalue weighted by atomic mass is 16.3. The topological polar surface area (TPSA) is 61.3 Å². The fourth-order valence-corrected chi connectivity index (χ4v) is 1.89. The fraction of sp³-hybridized carbons (Fsp3) is 0.636. The zero-order valence-electron chi connectivity index (χ0n) is 9.56. The van der Waals surface area contributed by atoms with Gasteiger partial charge in [-0.15, -0.1) is 0 Å². The number of hydrogen-bond donors (Lipinski definition) is 2. The van der Waals surface area contributed by atoms with Crippen LogP contribution in [-0.2, 0) is 0 Å². The van der Waals surface area contributed by atoms with Gasteiger partial charge >= 0.3 is 0 Å². The lowest BCUT2D eigenvalue weighted by atomic mass is 10.1. The minimum atomic E-state index is -0.147. The normalized spacial score (nSPS) is 17.5. The van der Waals surface area contributed by atoms with Gasteiger partial charge in [0.2, 0.25) is 0 Å². The summed E-state index contributed by atoms with van der Waals surface area (Å²) in [5.74, 6) is 1.80. The van der Waals surface area contributed by atoms with Gasteiger partial charge in [-0.1, -0.05) is 0 Å². The van der Waals surface area contributed by atoms with E-state index in [0.717, 1.165) is 44.1 Å². The van der Waals surface area contributed by atoms with Gasteiger partial charge in [0, 0.05) is 25.7 Å². The summed E-state index contributed by atoms with van der Waals surface area (Å²) in [6.45, 7) is 4.63. The lowest BCUT2D eigenvalue weighted by molar-refractivity contribution is 0.145. The first-order chi connectivity index (χ1) is 7.79. The highest BCUT2D eigenvalue weighted by Crippen LogP contribution is 2.19. The molecule has 5 heteroatoms. The van der Waals surface area contributed by atoms with Crippen LogP contribution >= 0.6 is 0 Å². The molecule has 0 aromatic carbocycles. The molecule has 0 amide bonds. The lowest BCUT2D eigenvalue weighted by Crippen LogP contribution is -2.36. The molecule has 0 atom stereocenters. The van der Waals surface area contributed by atoms with E-state index < -0.39 is 0 Å². The van der Waals surface area contributed by atoms with E-state index in [0.29, 0.717) is 0 Å². The van der Waals surface area contributed by atoms with Crippen LogP contribution in [0.1, 0.15) is 19.8 Å². The standard InChI is InChI=1S/C11H18N4O/c1-2-12-10-7-11(14-8-13-10)15-5-3-9(16)4-6-15/h7-9,16H,2-6H2,1H3,(H,12,13,14). The van der Waals surface area contributed by atoms with Crippen LogP contribution < -0.4 is 10.2 Å². The van der Waals surface area contributed by atoms with Crippen LogP contribution in [0.25, 0.3) is 0 Å². The summed E-state index contributed by atoms with van der Waals surface area (Å²) in [5.41, 5.74) is 0. The number of piperidine rings is 1. The summed E-state index contributed by atoms with van der Waals surface area (Å²) in [4.78, 5) is 10.6. The summed E-state index contributed by atoms with van der Waals surface area (Å²) < 4.78 is 0. The molecular formula is C11H18N4O. The van der Waals surface area contributed by atoms with E-state index in [9.17, 15) is 5.11 Å². The molecule has 0 aliphatic carbocycles. The van der Waals surface area contributed by atoms with Gasteiger partial charge < -0.3 is 15.3 Å². The minimum absolute atomic E-state index is 0.147. The highest BCUT2D eigenvalue weighted by molar-refractivity contribution is 5.48. The number of anilines is 2. The van der Waals surface area contributed by atoms with Crippen molar-refractivity contribution in [2.45, 2.75) is 25.9 Å². The summed E-state index contributed by atoms with van der Waals surface area (Å²) in [5, 5.41) is 12.6. The Kier molecular flexibility index (Phi) is 3.56. The molecule has 1 saturated heterocycles. The van der Waals surface area contributed by atoms with Crippen molar-refractivity contribution in [3.05, 3.63) is 12.4 Å². The van der Waals surface area contributed by atoms with Crippen molar-refractivity contribution in [3.8, 4) is 0 Å². The molecular weight excluding hydrogens is 204 g/mol. The van der Waals surface area contributed by atoms with Crippen molar-refractivity contribution in [2.75, 3.05) is 29.9 Å². The average Bonchev–Trinajstić information content (AvgIpc) is 2.31. The van der Waals surface area contributed by atoms with E-state index in [4.69, 9.17) is 0 Å². The van der Waals surface area contributed by atoms with E-state index in [1.165, 1.54) is 0 Å². The summed E-state index contributed by atoms with van der Waals surface area (Å²) in [6, 6.07) is 1.96. The number of nitrogens with one attached hydrogen (secondary N) is 1. The second kappa shape index (κ2) is 5.12. The first-order valence-electron chi connectivity index (χ1n) is 5.78. The van der Waals surface area contributed by atoms with Crippen molar-refractivity contribution >= 4 is 11.6 Å². The predicted molar refractivity (Wildman–Crippen MR) is 63.6 cm³/mol. The van der Waals surface area contributed by atoms with Gasteiger partial charge in [-0.3, -0.25) is 0 Å². The molecule has 2 heterocycles. The molecule has 1 aliphatic heterocycles. The SMILES string of the molecule is CCNc1cc(N2CCC(O)CC2)ncn1. The van der Waals surface area contributed by atoms with Crippen LogP contribution in [0.5, 0.6) is 0 Å². The number of aromatic nitrogens is 2. The smallest absolute Gasteiger partial charge is 0.134 e. The molecule has 2 N–H and O–H groups in total. The number of aliphatic hydroxyl groups is 1. The minimum Gasteiger partial charge on any atom is -0.393 e. The highest BCUT2D eigenvalue weighted by Gasteiger charge is 2.18. The van der Waals surface area contributed by atoms with E-state index in [1.807, 2.05) is 13.0 Å². The van der Waals surface area contributed by atoms with Gasteiger partial charge in [0.05, 0.1) is 6.10 Å². The number of aliphatic hydroxyl groups excluding tert-OH is 1. The number of nitrogens with zero attached hydrogens (tertiary/aromatic N) is 3. The quantitative estimate of drug-likeness (QED) is 0.794. The Hall–Kier alpha value is -1.36. The predicted octanol–water partition coefficient (Wildman–Crippen LogP) is 0.869. The van der Waals surface area contributed by atoms with Crippen molar-refractivity contribution in [3.63, 3.8) is 0 Å².